The molecule has 1 aromatic rings. The molecule has 1 aliphatic carbocycles. The maximum atomic E-state index is 12.2. The number of nitrogens with two attached hydrogens (primary N) is 1. The van der Waals surface area contributed by atoms with Crippen LogP contribution in [-0.4, -0.2) is 20.3 Å². The number of sulfonamides is 1. The summed E-state index contributed by atoms with van der Waals surface area (Å²) in [6.07, 6.45) is 1.83. The summed E-state index contributed by atoms with van der Waals surface area (Å²) >= 11 is 0. The Morgan fingerprint density at radius 2 is 2.06 bits per heavy atom. The molecule has 4 N–H and O–H groups in total. The van der Waals surface area contributed by atoms with Crippen molar-refractivity contribution in [3.8, 4) is 0 Å². The van der Waals surface area contributed by atoms with E-state index in [4.69, 9.17) is 11.1 Å². The minimum absolute atomic E-state index is 0.116. The van der Waals surface area contributed by atoms with Crippen LogP contribution >= 0.6 is 0 Å². The zero-order valence-electron chi connectivity index (χ0n) is 10.2. The van der Waals surface area contributed by atoms with Crippen LogP contribution in [0.25, 0.3) is 0 Å². The summed E-state index contributed by atoms with van der Waals surface area (Å²) < 4.78 is 27.0. The van der Waals surface area contributed by atoms with E-state index in [1.807, 2.05) is 0 Å². The van der Waals surface area contributed by atoms with Crippen LogP contribution < -0.4 is 10.5 Å². The van der Waals surface area contributed by atoms with E-state index >= 15 is 0 Å². The average Bonchev–Trinajstić information content (AvgIpc) is 3.10. The number of aryl methyl sites for hydroxylation is 1. The van der Waals surface area contributed by atoms with E-state index in [1.54, 1.807) is 31.2 Å². The molecule has 0 aromatic heterocycles. The molecule has 2 rings (SSSR count). The summed E-state index contributed by atoms with van der Waals surface area (Å²) in [5.41, 5.74) is 6.14. The fraction of sp³-hybridized carbons (Fsp3) is 0.417. The maximum Gasteiger partial charge on any atom is 0.241 e. The smallest absolute Gasteiger partial charge is 0.241 e. The molecular formula is C12H17N3O2S. The molecule has 1 aliphatic rings. The lowest BCUT2D eigenvalue weighted by Crippen LogP contribution is -2.45. The van der Waals surface area contributed by atoms with Gasteiger partial charge in [0.2, 0.25) is 10.0 Å². The third-order valence-electron chi connectivity index (χ3n) is 3.09. The molecule has 1 atom stereocenters. The van der Waals surface area contributed by atoms with E-state index in [0.717, 1.165) is 12.8 Å². The molecule has 1 saturated carbocycles. The van der Waals surface area contributed by atoms with Crippen molar-refractivity contribution in [1.29, 1.82) is 5.41 Å². The van der Waals surface area contributed by atoms with Crippen LogP contribution in [0.15, 0.2) is 29.2 Å². The van der Waals surface area contributed by atoms with Crippen molar-refractivity contribution < 1.29 is 8.42 Å². The number of hydrogen-bond acceptors (Lipinski definition) is 3. The molecule has 1 unspecified atom stereocenters. The van der Waals surface area contributed by atoms with Gasteiger partial charge >= 0.3 is 0 Å². The molecule has 98 valence electrons. The van der Waals surface area contributed by atoms with Crippen LogP contribution in [0.1, 0.15) is 18.4 Å². The highest BCUT2D eigenvalue weighted by Gasteiger charge is 2.36. The predicted octanol–water partition coefficient (Wildman–Crippen LogP) is 0.988. The Morgan fingerprint density at radius 3 is 2.56 bits per heavy atom. The Kier molecular flexibility index (Phi) is 3.41. The van der Waals surface area contributed by atoms with Crippen LogP contribution in [0, 0.1) is 18.3 Å². The van der Waals surface area contributed by atoms with Crippen molar-refractivity contribution in [2.24, 2.45) is 11.7 Å². The third-order valence-corrected chi connectivity index (χ3v) is 4.70. The highest BCUT2D eigenvalue weighted by atomic mass is 32.2. The van der Waals surface area contributed by atoms with E-state index < -0.39 is 16.1 Å². The van der Waals surface area contributed by atoms with Crippen LogP contribution in [-0.2, 0) is 10.0 Å². The average molecular weight is 267 g/mol. The summed E-state index contributed by atoms with van der Waals surface area (Å²) in [4.78, 5) is 0.247. The molecule has 5 nitrogen and oxygen atoms in total. The van der Waals surface area contributed by atoms with Gasteiger partial charge in [0.05, 0.1) is 10.9 Å². The number of benzene rings is 1. The highest BCUT2D eigenvalue weighted by molar-refractivity contribution is 7.89. The van der Waals surface area contributed by atoms with E-state index in [2.05, 4.69) is 4.72 Å². The standard InChI is InChI=1S/C12H17N3O2S/c1-8-4-2-3-5-10(8)18(16,17)15-11(12(13)14)9-6-7-9/h2-5,9,11,15H,6-7H2,1H3,(H3,13,14). The van der Waals surface area contributed by atoms with Gasteiger partial charge in [-0.3, -0.25) is 5.41 Å². The van der Waals surface area contributed by atoms with Gasteiger partial charge in [-0.05, 0) is 37.3 Å². The van der Waals surface area contributed by atoms with Crippen molar-refractivity contribution in [3.05, 3.63) is 29.8 Å². The van der Waals surface area contributed by atoms with Crippen LogP contribution in [0.5, 0.6) is 0 Å². The second-order valence-electron chi connectivity index (χ2n) is 4.66. The van der Waals surface area contributed by atoms with Gasteiger partial charge in [0.25, 0.3) is 0 Å². The van der Waals surface area contributed by atoms with Gasteiger partial charge < -0.3 is 5.73 Å². The largest absolute Gasteiger partial charge is 0.386 e. The lowest BCUT2D eigenvalue weighted by atomic mass is 10.2. The Bertz CT molecular complexity index is 564. The summed E-state index contributed by atoms with van der Waals surface area (Å²) in [5, 5.41) is 7.47. The molecule has 18 heavy (non-hydrogen) atoms. The Labute approximate surface area is 107 Å². The van der Waals surface area contributed by atoms with E-state index in [0.29, 0.717) is 5.56 Å². The van der Waals surface area contributed by atoms with Crippen molar-refractivity contribution in [3.63, 3.8) is 0 Å². The molecule has 0 radical (unpaired) electrons. The van der Waals surface area contributed by atoms with Gasteiger partial charge in [-0.25, -0.2) is 13.1 Å². The quantitative estimate of drug-likeness (QED) is 0.548. The predicted molar refractivity (Wildman–Crippen MR) is 69.9 cm³/mol. The molecule has 0 bridgehead atoms. The molecule has 0 spiro atoms. The summed E-state index contributed by atoms with van der Waals surface area (Å²) in [6.45, 7) is 1.74. The lowest BCUT2D eigenvalue weighted by molar-refractivity contribution is 0.562. The monoisotopic (exact) mass is 267 g/mol. The lowest BCUT2D eigenvalue weighted by Gasteiger charge is -2.17. The van der Waals surface area contributed by atoms with Crippen LogP contribution in [0.4, 0.5) is 0 Å². The number of hydrogen-bond donors (Lipinski definition) is 3. The van der Waals surface area contributed by atoms with Gasteiger partial charge in [-0.1, -0.05) is 18.2 Å². The minimum Gasteiger partial charge on any atom is -0.386 e. The first-order valence-electron chi connectivity index (χ1n) is 5.83. The van der Waals surface area contributed by atoms with Crippen molar-refractivity contribution in [2.45, 2.75) is 30.7 Å². The van der Waals surface area contributed by atoms with Gasteiger partial charge in [0, 0.05) is 0 Å². The van der Waals surface area contributed by atoms with E-state index in [1.165, 1.54) is 0 Å². The summed E-state index contributed by atoms with van der Waals surface area (Å²) in [6, 6.07) is 6.20. The molecule has 1 aromatic carbocycles. The summed E-state index contributed by atoms with van der Waals surface area (Å²) in [7, 11) is -3.61. The maximum absolute atomic E-state index is 12.2. The molecule has 6 heteroatoms. The molecule has 0 saturated heterocycles. The second kappa shape index (κ2) is 4.70. The van der Waals surface area contributed by atoms with E-state index in [9.17, 15) is 8.42 Å². The normalized spacial score (nSPS) is 17.4. The first kappa shape index (κ1) is 13.0. The third kappa shape index (κ3) is 2.70. The zero-order valence-corrected chi connectivity index (χ0v) is 11.0. The zero-order chi connectivity index (χ0) is 13.3. The summed E-state index contributed by atoms with van der Waals surface area (Å²) in [5.74, 6) is 0.0518. The first-order valence-corrected chi connectivity index (χ1v) is 7.32. The van der Waals surface area contributed by atoms with Gasteiger partial charge in [0.15, 0.2) is 0 Å². The minimum atomic E-state index is -3.61. The van der Waals surface area contributed by atoms with Crippen molar-refractivity contribution in [1.82, 2.24) is 4.72 Å². The molecule has 0 aliphatic heterocycles. The molecular weight excluding hydrogens is 250 g/mol. The second-order valence-corrected chi connectivity index (χ2v) is 6.34. The number of nitrogens with one attached hydrogen (secondary N) is 2. The van der Waals surface area contributed by atoms with Gasteiger partial charge in [-0.15, -0.1) is 0 Å². The molecule has 0 amide bonds. The first-order chi connectivity index (χ1) is 8.42. The fourth-order valence-corrected chi connectivity index (χ4v) is 3.46. The Hall–Kier alpha value is -1.40. The van der Waals surface area contributed by atoms with Crippen LogP contribution in [0.2, 0.25) is 0 Å². The topological polar surface area (TPSA) is 96.0 Å². The van der Waals surface area contributed by atoms with Crippen LogP contribution in [0.3, 0.4) is 0 Å². The molecule has 0 heterocycles. The van der Waals surface area contributed by atoms with Gasteiger partial charge in [-0.2, -0.15) is 0 Å². The van der Waals surface area contributed by atoms with E-state index in [-0.39, 0.29) is 16.6 Å². The number of rotatable bonds is 5. The molecule has 1 fully saturated rings. The van der Waals surface area contributed by atoms with Crippen molar-refractivity contribution >= 4 is 15.9 Å². The number of amidine groups is 1. The highest BCUT2D eigenvalue weighted by Crippen LogP contribution is 2.33. The SMILES string of the molecule is Cc1ccccc1S(=O)(=O)NC(C(=N)N)C1CC1. The van der Waals surface area contributed by atoms with Crippen molar-refractivity contribution in [2.75, 3.05) is 0 Å². The van der Waals surface area contributed by atoms with Gasteiger partial charge in [0.1, 0.15) is 5.84 Å². The Balaban J connectivity index is 2.26. The Morgan fingerprint density at radius 1 is 1.44 bits per heavy atom. The fourth-order valence-electron chi connectivity index (χ4n) is 1.93.